The number of methoxy groups -OCH3 is 1. The van der Waals surface area contributed by atoms with Crippen LogP contribution in [0.1, 0.15) is 45.4 Å². The molecule has 4 nitrogen and oxygen atoms in total. The third kappa shape index (κ3) is 9.65. The van der Waals surface area contributed by atoms with E-state index in [1.165, 1.54) is 7.11 Å². The van der Waals surface area contributed by atoms with Crippen molar-refractivity contribution in [2.24, 2.45) is 0 Å². The Morgan fingerprint density at radius 1 is 1.00 bits per heavy atom. The zero-order valence-corrected chi connectivity index (χ0v) is 10.3. The first-order chi connectivity index (χ1) is 7.70. The van der Waals surface area contributed by atoms with Gasteiger partial charge >= 0.3 is 5.97 Å². The van der Waals surface area contributed by atoms with Crippen LogP contribution in [0.4, 0.5) is 0 Å². The molecule has 4 heteroatoms. The van der Waals surface area contributed by atoms with E-state index in [1.54, 1.807) is 0 Å². The number of ether oxygens (including phenoxy) is 2. The maximum Gasteiger partial charge on any atom is 0.305 e. The molecule has 0 aliphatic rings. The van der Waals surface area contributed by atoms with Crippen molar-refractivity contribution in [1.82, 2.24) is 0 Å². The van der Waals surface area contributed by atoms with Crippen molar-refractivity contribution in [2.45, 2.75) is 45.4 Å². The second-order valence-corrected chi connectivity index (χ2v) is 3.67. The fourth-order valence-corrected chi connectivity index (χ4v) is 1.34. The van der Waals surface area contributed by atoms with Crippen LogP contribution in [0.5, 0.6) is 0 Å². The van der Waals surface area contributed by atoms with E-state index in [0.717, 1.165) is 25.7 Å². The highest BCUT2D eigenvalue weighted by molar-refractivity contribution is 5.79. The molecule has 0 saturated heterocycles. The molecule has 0 radical (unpaired) electrons. The van der Waals surface area contributed by atoms with Gasteiger partial charge in [-0.05, 0) is 19.8 Å². The number of rotatable bonds is 10. The monoisotopic (exact) mass is 230 g/mol. The average Bonchev–Trinajstić information content (AvgIpc) is 2.30. The molecule has 0 atom stereocenters. The van der Waals surface area contributed by atoms with Crippen LogP contribution in [-0.2, 0) is 19.1 Å². The molecule has 0 aromatic rings. The molecule has 0 amide bonds. The van der Waals surface area contributed by atoms with Crippen LogP contribution in [-0.4, -0.2) is 32.1 Å². The third-order valence-electron chi connectivity index (χ3n) is 2.28. The molecule has 0 N–H and O–H groups in total. The highest BCUT2D eigenvalue weighted by Crippen LogP contribution is 2.06. The number of esters is 1. The summed E-state index contributed by atoms with van der Waals surface area (Å²) in [6, 6.07) is 0. The van der Waals surface area contributed by atoms with Gasteiger partial charge in [-0.1, -0.05) is 12.8 Å². The number of Topliss-reactive ketones (excluding diaryl/α,β-unsaturated/α-hetero) is 1. The number of unbranched alkanes of at least 4 members (excludes halogenated alkanes) is 3. The van der Waals surface area contributed by atoms with E-state index in [0.29, 0.717) is 19.4 Å². The van der Waals surface area contributed by atoms with E-state index in [-0.39, 0.29) is 18.4 Å². The van der Waals surface area contributed by atoms with Gasteiger partial charge in [-0.2, -0.15) is 0 Å². The molecule has 0 saturated carbocycles. The Kier molecular flexibility index (Phi) is 10.0. The van der Waals surface area contributed by atoms with Crippen LogP contribution in [0.25, 0.3) is 0 Å². The topological polar surface area (TPSA) is 52.6 Å². The molecule has 0 aliphatic carbocycles. The molecule has 0 bridgehead atoms. The lowest BCUT2D eigenvalue weighted by Crippen LogP contribution is -2.07. The number of hydrogen-bond acceptors (Lipinski definition) is 4. The molecule has 0 spiro atoms. The van der Waals surface area contributed by atoms with Gasteiger partial charge in [-0.15, -0.1) is 0 Å². The minimum absolute atomic E-state index is 0.160. The van der Waals surface area contributed by atoms with Crippen molar-refractivity contribution >= 4 is 11.8 Å². The minimum atomic E-state index is -0.160. The van der Waals surface area contributed by atoms with Crippen LogP contribution >= 0.6 is 0 Å². The Morgan fingerprint density at radius 2 is 1.62 bits per heavy atom. The molecule has 0 fully saturated rings. The number of ketones is 1. The van der Waals surface area contributed by atoms with Crippen LogP contribution in [0, 0.1) is 0 Å². The first-order valence-corrected chi connectivity index (χ1v) is 5.87. The summed E-state index contributed by atoms with van der Waals surface area (Å²) in [5.41, 5.74) is 0. The van der Waals surface area contributed by atoms with E-state index in [4.69, 9.17) is 4.74 Å². The van der Waals surface area contributed by atoms with Gasteiger partial charge in [0.1, 0.15) is 6.61 Å². The minimum Gasteiger partial charge on any atom is -0.469 e. The Balaban J connectivity index is 3.20. The summed E-state index contributed by atoms with van der Waals surface area (Å²) in [6.07, 6.45) is 4.73. The van der Waals surface area contributed by atoms with E-state index in [1.807, 2.05) is 6.92 Å². The summed E-state index contributed by atoms with van der Waals surface area (Å²) >= 11 is 0. The van der Waals surface area contributed by atoms with Gasteiger partial charge in [0.05, 0.1) is 7.11 Å². The van der Waals surface area contributed by atoms with E-state index in [2.05, 4.69) is 4.74 Å². The lowest BCUT2D eigenvalue weighted by molar-refractivity contribution is -0.140. The Hall–Kier alpha value is -0.900. The summed E-state index contributed by atoms with van der Waals surface area (Å²) in [6.45, 7) is 2.70. The van der Waals surface area contributed by atoms with Crippen LogP contribution < -0.4 is 0 Å². The predicted molar refractivity (Wildman–Crippen MR) is 61.2 cm³/mol. The van der Waals surface area contributed by atoms with Crippen molar-refractivity contribution < 1.29 is 19.1 Å². The SMILES string of the molecule is CCOCC(=O)CCCCCCC(=O)OC. The zero-order chi connectivity index (χ0) is 12.2. The van der Waals surface area contributed by atoms with Gasteiger partial charge in [0, 0.05) is 19.4 Å². The molecule has 94 valence electrons. The molecule has 0 unspecified atom stereocenters. The fourth-order valence-electron chi connectivity index (χ4n) is 1.34. The second kappa shape index (κ2) is 10.6. The second-order valence-electron chi connectivity index (χ2n) is 3.67. The van der Waals surface area contributed by atoms with E-state index in [9.17, 15) is 9.59 Å². The highest BCUT2D eigenvalue weighted by Gasteiger charge is 2.02. The molecule has 0 aliphatic heterocycles. The summed E-state index contributed by atoms with van der Waals surface area (Å²) < 4.78 is 9.54. The van der Waals surface area contributed by atoms with Gasteiger partial charge in [0.15, 0.2) is 5.78 Å². The van der Waals surface area contributed by atoms with Crippen LogP contribution in [0.15, 0.2) is 0 Å². The molecule has 16 heavy (non-hydrogen) atoms. The smallest absolute Gasteiger partial charge is 0.305 e. The number of carbonyl (C=O) groups excluding carboxylic acids is 2. The molecule has 0 aromatic heterocycles. The van der Waals surface area contributed by atoms with E-state index < -0.39 is 0 Å². The molecule has 0 aromatic carbocycles. The largest absolute Gasteiger partial charge is 0.469 e. The maximum atomic E-state index is 11.2. The number of carbonyl (C=O) groups is 2. The van der Waals surface area contributed by atoms with Crippen molar-refractivity contribution in [3.63, 3.8) is 0 Å². The quantitative estimate of drug-likeness (QED) is 0.426. The zero-order valence-electron chi connectivity index (χ0n) is 10.3. The lowest BCUT2D eigenvalue weighted by Gasteiger charge is -2.01. The Bertz CT molecular complexity index is 201. The van der Waals surface area contributed by atoms with Crippen molar-refractivity contribution in [2.75, 3.05) is 20.3 Å². The maximum absolute atomic E-state index is 11.2. The fraction of sp³-hybridized carbons (Fsp3) is 0.833. The number of hydrogen-bond donors (Lipinski definition) is 0. The first kappa shape index (κ1) is 15.1. The first-order valence-electron chi connectivity index (χ1n) is 5.87. The summed E-state index contributed by atoms with van der Waals surface area (Å²) in [5.74, 6) is 0.00207. The van der Waals surface area contributed by atoms with Crippen molar-refractivity contribution in [1.29, 1.82) is 0 Å². The summed E-state index contributed by atoms with van der Waals surface area (Å²) in [4.78, 5) is 22.0. The van der Waals surface area contributed by atoms with Gasteiger partial charge < -0.3 is 9.47 Å². The standard InChI is InChI=1S/C12H22O4/c1-3-16-10-11(13)8-6-4-5-7-9-12(14)15-2/h3-10H2,1-2H3. The van der Waals surface area contributed by atoms with Gasteiger partial charge in [-0.25, -0.2) is 0 Å². The molecular weight excluding hydrogens is 208 g/mol. The van der Waals surface area contributed by atoms with Crippen LogP contribution in [0.3, 0.4) is 0 Å². The highest BCUT2D eigenvalue weighted by atomic mass is 16.5. The summed E-state index contributed by atoms with van der Waals surface area (Å²) in [5, 5.41) is 0. The molecular formula is C12H22O4. The summed E-state index contributed by atoms with van der Waals surface area (Å²) in [7, 11) is 1.40. The molecule has 0 heterocycles. The Morgan fingerprint density at radius 3 is 2.19 bits per heavy atom. The van der Waals surface area contributed by atoms with Gasteiger partial charge in [0.25, 0.3) is 0 Å². The van der Waals surface area contributed by atoms with Gasteiger partial charge in [-0.3, -0.25) is 9.59 Å². The normalized spacial score (nSPS) is 10.1. The van der Waals surface area contributed by atoms with Gasteiger partial charge in [0.2, 0.25) is 0 Å². The third-order valence-corrected chi connectivity index (χ3v) is 2.28. The van der Waals surface area contributed by atoms with Crippen molar-refractivity contribution in [3.8, 4) is 0 Å². The Labute approximate surface area is 97.3 Å². The predicted octanol–water partition coefficient (Wildman–Crippen LogP) is 2.11. The average molecular weight is 230 g/mol. The van der Waals surface area contributed by atoms with E-state index >= 15 is 0 Å². The van der Waals surface area contributed by atoms with Crippen molar-refractivity contribution in [3.05, 3.63) is 0 Å². The molecule has 0 rings (SSSR count). The van der Waals surface area contributed by atoms with Crippen LogP contribution in [0.2, 0.25) is 0 Å². The lowest BCUT2D eigenvalue weighted by atomic mass is 10.1.